The van der Waals surface area contributed by atoms with Crippen LogP contribution in [0.5, 0.6) is 0 Å². The van der Waals surface area contributed by atoms with Gasteiger partial charge in [0.1, 0.15) is 5.82 Å². The maximum atomic E-state index is 13.4. The summed E-state index contributed by atoms with van der Waals surface area (Å²) in [6.45, 7) is 7.86. The van der Waals surface area contributed by atoms with Crippen LogP contribution in [0.4, 0.5) is 4.39 Å². The number of nitrogens with one attached hydrogen (secondary N) is 1. The molecule has 0 unspecified atom stereocenters. The number of piperazine rings is 1. The van der Waals surface area contributed by atoms with Crippen LogP contribution in [-0.2, 0) is 0 Å². The maximum Gasteiger partial charge on any atom is 0.123 e. The summed E-state index contributed by atoms with van der Waals surface area (Å²) in [7, 11) is 0. The van der Waals surface area contributed by atoms with Gasteiger partial charge in [-0.2, -0.15) is 0 Å². The van der Waals surface area contributed by atoms with Gasteiger partial charge in [-0.25, -0.2) is 4.39 Å². The van der Waals surface area contributed by atoms with Gasteiger partial charge in [-0.15, -0.1) is 6.58 Å². The minimum Gasteiger partial charge on any atom is -0.314 e. The van der Waals surface area contributed by atoms with E-state index in [9.17, 15) is 4.39 Å². The minimum atomic E-state index is -0.147. The number of halogens is 1. The van der Waals surface area contributed by atoms with Crippen molar-refractivity contribution in [1.29, 1.82) is 0 Å². The van der Waals surface area contributed by atoms with E-state index in [1.54, 1.807) is 12.1 Å². The number of rotatable bonds is 5. The van der Waals surface area contributed by atoms with E-state index >= 15 is 0 Å². The zero-order valence-corrected chi connectivity index (χ0v) is 10.7. The van der Waals surface area contributed by atoms with E-state index in [0.717, 1.165) is 44.6 Å². The van der Waals surface area contributed by atoms with Crippen molar-refractivity contribution in [3.8, 4) is 0 Å². The first-order valence-corrected chi connectivity index (χ1v) is 6.62. The summed E-state index contributed by atoms with van der Waals surface area (Å²) in [5.41, 5.74) is 1.08. The van der Waals surface area contributed by atoms with Gasteiger partial charge in [0.2, 0.25) is 0 Å². The summed E-state index contributed by atoms with van der Waals surface area (Å²) < 4.78 is 13.4. The van der Waals surface area contributed by atoms with Crippen molar-refractivity contribution in [2.75, 3.05) is 26.2 Å². The Kier molecular flexibility index (Phi) is 4.90. The predicted octanol–water partition coefficient (Wildman–Crippen LogP) is 2.74. The first-order valence-electron chi connectivity index (χ1n) is 6.62. The first-order chi connectivity index (χ1) is 8.81. The van der Waals surface area contributed by atoms with Gasteiger partial charge >= 0.3 is 0 Å². The van der Waals surface area contributed by atoms with Gasteiger partial charge in [-0.1, -0.05) is 18.2 Å². The van der Waals surface area contributed by atoms with Crippen LogP contribution in [0.15, 0.2) is 36.9 Å². The predicted molar refractivity (Wildman–Crippen MR) is 73.0 cm³/mol. The second-order valence-corrected chi connectivity index (χ2v) is 4.72. The minimum absolute atomic E-state index is 0.147. The van der Waals surface area contributed by atoms with Crippen molar-refractivity contribution in [2.24, 2.45) is 0 Å². The van der Waals surface area contributed by atoms with Crippen molar-refractivity contribution in [3.63, 3.8) is 0 Å². The average Bonchev–Trinajstić information content (AvgIpc) is 2.40. The summed E-state index contributed by atoms with van der Waals surface area (Å²) in [6.07, 6.45) is 3.91. The second kappa shape index (κ2) is 6.66. The molecule has 2 rings (SSSR count). The fraction of sp³-hybridized carbons (Fsp3) is 0.467. The molecule has 98 valence electrons. The normalized spacial score (nSPS) is 18.5. The van der Waals surface area contributed by atoms with Gasteiger partial charge in [0.15, 0.2) is 0 Å². The van der Waals surface area contributed by atoms with Gasteiger partial charge in [-0.05, 0) is 30.5 Å². The van der Waals surface area contributed by atoms with E-state index in [1.807, 2.05) is 12.1 Å². The molecule has 1 aromatic carbocycles. The monoisotopic (exact) mass is 248 g/mol. The number of hydrogen-bond donors (Lipinski definition) is 1. The first kappa shape index (κ1) is 13.2. The Morgan fingerprint density at radius 2 is 2.17 bits per heavy atom. The third-order valence-electron chi connectivity index (χ3n) is 3.47. The Labute approximate surface area is 108 Å². The zero-order valence-electron chi connectivity index (χ0n) is 10.7. The molecule has 1 aliphatic heterocycles. The highest BCUT2D eigenvalue weighted by molar-refractivity contribution is 5.20. The molecule has 0 aromatic heterocycles. The smallest absolute Gasteiger partial charge is 0.123 e. The molecule has 3 heteroatoms. The molecule has 0 amide bonds. The van der Waals surface area contributed by atoms with Crippen LogP contribution in [0.3, 0.4) is 0 Å². The van der Waals surface area contributed by atoms with E-state index in [4.69, 9.17) is 0 Å². The summed E-state index contributed by atoms with van der Waals surface area (Å²) in [6, 6.07) is 7.30. The number of nitrogens with zero attached hydrogens (tertiary/aromatic N) is 1. The quantitative estimate of drug-likeness (QED) is 0.806. The SMILES string of the molecule is C=CCC[C@@H](c1cccc(F)c1)N1CCNCC1. The molecule has 0 saturated carbocycles. The molecule has 1 heterocycles. The molecule has 1 aliphatic rings. The lowest BCUT2D eigenvalue weighted by Gasteiger charge is -2.35. The Morgan fingerprint density at radius 3 is 2.83 bits per heavy atom. The van der Waals surface area contributed by atoms with E-state index in [1.165, 1.54) is 6.07 Å². The molecule has 0 radical (unpaired) electrons. The highest BCUT2D eigenvalue weighted by Gasteiger charge is 2.21. The molecule has 1 saturated heterocycles. The van der Waals surface area contributed by atoms with Crippen molar-refractivity contribution in [1.82, 2.24) is 10.2 Å². The van der Waals surface area contributed by atoms with E-state index in [-0.39, 0.29) is 5.82 Å². The summed E-state index contributed by atoms with van der Waals surface area (Å²) in [5, 5.41) is 3.35. The standard InChI is InChI=1S/C15H21FN2/c1-2-3-7-15(18-10-8-17-9-11-18)13-5-4-6-14(16)12-13/h2,4-6,12,15,17H,1,3,7-11H2/t15-/m0/s1. The Bertz CT molecular complexity index is 386. The molecule has 1 N–H and O–H groups in total. The van der Waals surface area contributed by atoms with Crippen LogP contribution in [0.1, 0.15) is 24.4 Å². The van der Waals surface area contributed by atoms with Crippen molar-refractivity contribution in [2.45, 2.75) is 18.9 Å². The van der Waals surface area contributed by atoms with E-state index in [2.05, 4.69) is 16.8 Å². The van der Waals surface area contributed by atoms with Crippen LogP contribution in [0.2, 0.25) is 0 Å². The number of allylic oxidation sites excluding steroid dienone is 1. The Balaban J connectivity index is 2.15. The zero-order chi connectivity index (χ0) is 12.8. The van der Waals surface area contributed by atoms with Crippen LogP contribution < -0.4 is 5.32 Å². The number of hydrogen-bond acceptors (Lipinski definition) is 2. The molecular formula is C15H21FN2. The third-order valence-corrected chi connectivity index (χ3v) is 3.47. The molecule has 0 spiro atoms. The van der Waals surface area contributed by atoms with E-state index in [0.29, 0.717) is 6.04 Å². The topological polar surface area (TPSA) is 15.3 Å². The lowest BCUT2D eigenvalue weighted by atomic mass is 9.99. The Morgan fingerprint density at radius 1 is 1.39 bits per heavy atom. The molecule has 1 atom stereocenters. The highest BCUT2D eigenvalue weighted by Crippen LogP contribution is 2.26. The number of benzene rings is 1. The molecule has 0 aliphatic carbocycles. The van der Waals surface area contributed by atoms with Crippen molar-refractivity contribution >= 4 is 0 Å². The highest BCUT2D eigenvalue weighted by atomic mass is 19.1. The molecular weight excluding hydrogens is 227 g/mol. The van der Waals surface area contributed by atoms with Gasteiger partial charge in [-0.3, -0.25) is 4.90 Å². The second-order valence-electron chi connectivity index (χ2n) is 4.72. The van der Waals surface area contributed by atoms with Crippen molar-refractivity contribution in [3.05, 3.63) is 48.3 Å². The van der Waals surface area contributed by atoms with Crippen LogP contribution >= 0.6 is 0 Å². The average molecular weight is 248 g/mol. The summed E-state index contributed by atoms with van der Waals surface area (Å²) >= 11 is 0. The van der Waals surface area contributed by atoms with Crippen LogP contribution in [-0.4, -0.2) is 31.1 Å². The molecule has 2 nitrogen and oxygen atoms in total. The van der Waals surface area contributed by atoms with Gasteiger partial charge in [0.05, 0.1) is 0 Å². The summed E-state index contributed by atoms with van der Waals surface area (Å²) in [4.78, 5) is 2.44. The molecule has 1 fully saturated rings. The summed E-state index contributed by atoms with van der Waals surface area (Å²) in [5.74, 6) is -0.147. The Hall–Kier alpha value is -1.19. The maximum absolute atomic E-state index is 13.4. The van der Waals surface area contributed by atoms with E-state index < -0.39 is 0 Å². The molecule has 0 bridgehead atoms. The van der Waals surface area contributed by atoms with Gasteiger partial charge in [0.25, 0.3) is 0 Å². The van der Waals surface area contributed by atoms with Gasteiger partial charge < -0.3 is 5.32 Å². The third kappa shape index (κ3) is 3.40. The largest absolute Gasteiger partial charge is 0.314 e. The fourth-order valence-electron chi connectivity index (χ4n) is 2.54. The van der Waals surface area contributed by atoms with Crippen LogP contribution in [0, 0.1) is 5.82 Å². The fourth-order valence-corrected chi connectivity index (χ4v) is 2.54. The molecule has 1 aromatic rings. The molecule has 18 heavy (non-hydrogen) atoms. The van der Waals surface area contributed by atoms with Gasteiger partial charge in [0, 0.05) is 32.2 Å². The lowest BCUT2D eigenvalue weighted by molar-refractivity contribution is 0.166. The van der Waals surface area contributed by atoms with Crippen LogP contribution in [0.25, 0.3) is 0 Å². The van der Waals surface area contributed by atoms with Crippen molar-refractivity contribution < 1.29 is 4.39 Å². The lowest BCUT2D eigenvalue weighted by Crippen LogP contribution is -2.45.